The van der Waals surface area contributed by atoms with Crippen LogP contribution in [0.15, 0.2) is 67.0 Å². The van der Waals surface area contributed by atoms with Gasteiger partial charge in [0.05, 0.1) is 35.6 Å². The molecule has 3 aliphatic heterocycles. The summed E-state index contributed by atoms with van der Waals surface area (Å²) in [4.78, 5) is 62.2. The van der Waals surface area contributed by atoms with Gasteiger partial charge < -0.3 is 45.8 Å². The molecule has 4 aromatic rings. The first-order valence-electron chi connectivity index (χ1n) is 25.5. The maximum absolute atomic E-state index is 14.2. The summed E-state index contributed by atoms with van der Waals surface area (Å²) in [5.74, 6) is 3.27. The number of piperazine rings is 2. The summed E-state index contributed by atoms with van der Waals surface area (Å²) in [5.41, 5.74) is 4.56. The van der Waals surface area contributed by atoms with Crippen LogP contribution in [-0.4, -0.2) is 148 Å². The first-order valence-corrected chi connectivity index (χ1v) is 25.5. The van der Waals surface area contributed by atoms with Crippen molar-refractivity contribution in [3.8, 4) is 29.4 Å². The molecule has 3 atom stereocenters. The molecule has 1 spiro atoms. The van der Waals surface area contributed by atoms with E-state index in [1.165, 1.54) is 4.90 Å². The van der Waals surface area contributed by atoms with Crippen molar-refractivity contribution in [1.29, 1.82) is 0 Å². The van der Waals surface area contributed by atoms with E-state index in [1.54, 1.807) is 12.1 Å². The molecule has 5 N–H and O–H groups in total. The molecular formula is C54H70N12O5. The lowest BCUT2D eigenvalue weighted by molar-refractivity contribution is -0.145. The van der Waals surface area contributed by atoms with Crippen LogP contribution in [0.4, 0.5) is 23.1 Å². The number of aromatic nitrogens is 4. The van der Waals surface area contributed by atoms with Crippen LogP contribution in [0.2, 0.25) is 0 Å². The van der Waals surface area contributed by atoms with Crippen molar-refractivity contribution in [3.63, 3.8) is 0 Å². The Morgan fingerprint density at radius 1 is 0.873 bits per heavy atom. The fourth-order valence-electron chi connectivity index (χ4n) is 11.4. The second kappa shape index (κ2) is 21.1. The van der Waals surface area contributed by atoms with Crippen LogP contribution in [0.25, 0.3) is 11.3 Å². The number of rotatable bonds is 13. The number of carbonyl (C=O) groups excluding carboxylic acids is 3. The number of phenolic OH excluding ortho intramolecular Hbond substituents is 1. The van der Waals surface area contributed by atoms with Gasteiger partial charge in [0.1, 0.15) is 17.8 Å². The van der Waals surface area contributed by atoms with Crippen LogP contribution >= 0.6 is 0 Å². The minimum atomic E-state index is -0.845. The van der Waals surface area contributed by atoms with E-state index in [0.29, 0.717) is 17.3 Å². The molecule has 2 aromatic carbocycles. The first kappa shape index (κ1) is 49.5. The van der Waals surface area contributed by atoms with Gasteiger partial charge in [-0.05, 0) is 92.2 Å². The predicted octanol–water partition coefficient (Wildman–Crippen LogP) is 4.65. The van der Waals surface area contributed by atoms with E-state index < -0.39 is 23.6 Å². The van der Waals surface area contributed by atoms with Gasteiger partial charge in [-0.15, -0.1) is 16.6 Å². The largest absolute Gasteiger partial charge is 0.507 e. The molecule has 0 bridgehead atoms. The number of hydrogen-bond acceptors (Lipinski definition) is 14. The lowest BCUT2D eigenvalue weighted by Crippen LogP contribution is -2.59. The Hall–Kier alpha value is -6.51. The van der Waals surface area contributed by atoms with Gasteiger partial charge in [-0.1, -0.05) is 51.0 Å². The number of hydrogen-bond donors (Lipinski definition) is 5. The molecule has 17 heteroatoms. The number of nitrogens with one attached hydrogen (secondary N) is 3. The maximum atomic E-state index is 14.2. The summed E-state index contributed by atoms with van der Waals surface area (Å²) in [7, 11) is 0. The fourth-order valence-corrected chi connectivity index (χ4v) is 11.4. The second-order valence-electron chi connectivity index (χ2n) is 21.3. The minimum Gasteiger partial charge on any atom is -0.507 e. The number of aliphatic hydroxyl groups is 1. The fraction of sp³-hybridized carbons (Fsp3) is 0.537. The number of likely N-dealkylation sites (tertiary alicyclic amines) is 1. The monoisotopic (exact) mass is 967 g/mol. The van der Waals surface area contributed by atoms with E-state index in [9.17, 15) is 24.6 Å². The molecule has 5 aliphatic rings. The molecule has 376 valence electrons. The van der Waals surface area contributed by atoms with Gasteiger partial charge in [0.2, 0.25) is 23.7 Å². The average molecular weight is 967 g/mol. The highest BCUT2D eigenvalue weighted by Gasteiger charge is 2.50. The van der Waals surface area contributed by atoms with Crippen molar-refractivity contribution >= 4 is 40.9 Å². The van der Waals surface area contributed by atoms with Crippen molar-refractivity contribution in [2.45, 2.75) is 103 Å². The smallest absolute Gasteiger partial charge is 0.246 e. The van der Waals surface area contributed by atoms with E-state index in [-0.39, 0.29) is 54.3 Å². The number of para-hydroxylation sites is 1. The standard InChI is InChI=1S/C54H70N12O5/c1-6-36-12-14-37(15-13-36)32-56-50(70)45-28-41(67)35-66(45)51(71)47(53(3,4)5)59-49(69)38-16-18-54(19-17-38)30-39(31-54)62-20-22-63(23-21-62)40-33-57-52(58-34-40)65-26-24-64(25-27-65)44-29-43(60-61-48(44)55-7-2)42-10-8-9-11-46(42)68/h1,8-15,29,33-34,38-39,41,45,47,67-68H,7,16-28,30-32,35H2,2-5H3,(H,55,61)(H,56,70)(H,59,69)/t38?,39?,41-,45+,47-,54?/m1/s1. The zero-order valence-corrected chi connectivity index (χ0v) is 41.7. The molecule has 3 saturated heterocycles. The first-order chi connectivity index (χ1) is 34.2. The summed E-state index contributed by atoms with van der Waals surface area (Å²) >= 11 is 0. The molecular weight excluding hydrogens is 897 g/mol. The molecule has 5 heterocycles. The number of benzene rings is 2. The maximum Gasteiger partial charge on any atom is 0.246 e. The van der Waals surface area contributed by atoms with Gasteiger partial charge in [-0.3, -0.25) is 19.3 Å². The average Bonchev–Trinajstić information content (AvgIpc) is 3.78. The van der Waals surface area contributed by atoms with Gasteiger partial charge >= 0.3 is 0 Å². The Balaban J connectivity index is 0.713. The zero-order chi connectivity index (χ0) is 49.9. The molecule has 2 aromatic heterocycles. The number of terminal acetylenes is 1. The molecule has 9 rings (SSSR count). The Kier molecular flexibility index (Phi) is 14.7. The molecule has 2 aliphatic carbocycles. The number of carbonyl (C=O) groups is 3. The van der Waals surface area contributed by atoms with E-state index >= 15 is 0 Å². The predicted molar refractivity (Wildman–Crippen MR) is 275 cm³/mol. The number of anilines is 4. The van der Waals surface area contributed by atoms with E-state index in [4.69, 9.17) is 16.4 Å². The Morgan fingerprint density at radius 3 is 2.18 bits per heavy atom. The van der Waals surface area contributed by atoms with E-state index in [0.717, 1.165) is 132 Å². The van der Waals surface area contributed by atoms with Crippen LogP contribution in [-0.2, 0) is 20.9 Å². The zero-order valence-electron chi connectivity index (χ0n) is 41.7. The minimum absolute atomic E-state index is 0.0384. The number of nitrogens with zero attached hydrogens (tertiary/aromatic N) is 9. The summed E-state index contributed by atoms with van der Waals surface area (Å²) in [6.45, 7) is 15.7. The highest BCUT2D eigenvalue weighted by Crippen LogP contribution is 2.54. The number of aromatic hydroxyl groups is 1. The third-order valence-corrected chi connectivity index (χ3v) is 15.6. The molecule has 17 nitrogen and oxygen atoms in total. The van der Waals surface area contributed by atoms with Crippen molar-refractivity contribution in [3.05, 3.63) is 78.1 Å². The Morgan fingerprint density at radius 2 is 1.54 bits per heavy atom. The van der Waals surface area contributed by atoms with Gasteiger partial charge in [-0.2, -0.15) is 0 Å². The molecule has 71 heavy (non-hydrogen) atoms. The summed E-state index contributed by atoms with van der Waals surface area (Å²) in [6, 6.07) is 15.4. The summed E-state index contributed by atoms with van der Waals surface area (Å²) in [5, 5.41) is 39.4. The van der Waals surface area contributed by atoms with Gasteiger partial charge in [-0.25, -0.2) is 9.97 Å². The van der Waals surface area contributed by atoms with E-state index in [2.05, 4.69) is 51.7 Å². The van der Waals surface area contributed by atoms with Crippen LogP contribution in [0.3, 0.4) is 0 Å². The Labute approximate surface area is 417 Å². The normalized spacial score (nSPS) is 24.2. The van der Waals surface area contributed by atoms with Gasteiger partial charge in [0.25, 0.3) is 0 Å². The van der Waals surface area contributed by atoms with Crippen molar-refractivity contribution in [2.75, 3.05) is 85.5 Å². The van der Waals surface area contributed by atoms with Crippen LogP contribution in [0.5, 0.6) is 5.75 Å². The lowest BCUT2D eigenvalue weighted by atomic mass is 9.56. The lowest BCUT2D eigenvalue weighted by Gasteiger charge is -2.56. The van der Waals surface area contributed by atoms with Crippen molar-refractivity contribution in [2.24, 2.45) is 16.7 Å². The molecule has 5 fully saturated rings. The molecule has 0 unspecified atom stereocenters. The second-order valence-corrected chi connectivity index (χ2v) is 21.3. The third kappa shape index (κ3) is 11.0. The molecule has 0 radical (unpaired) electrons. The van der Waals surface area contributed by atoms with Crippen LogP contribution in [0, 0.1) is 29.1 Å². The highest BCUT2D eigenvalue weighted by atomic mass is 16.3. The number of phenols is 1. The number of aliphatic hydroxyl groups excluding tert-OH is 1. The van der Waals surface area contributed by atoms with Crippen molar-refractivity contribution in [1.82, 2.24) is 40.6 Å². The van der Waals surface area contributed by atoms with Crippen LogP contribution < -0.4 is 30.7 Å². The summed E-state index contributed by atoms with van der Waals surface area (Å²) in [6.07, 6.45) is 14.6. The number of amides is 3. The van der Waals surface area contributed by atoms with Crippen molar-refractivity contribution < 1.29 is 24.6 Å². The topological polar surface area (TPSA) is 196 Å². The Bertz CT molecular complexity index is 2550. The van der Waals surface area contributed by atoms with Crippen LogP contribution in [0.1, 0.15) is 83.8 Å². The molecule has 3 amide bonds. The quantitative estimate of drug-likeness (QED) is 0.116. The number of β-amino-alcohol motifs (C(OH)–C–C–N with tert-alkyl or cyclic N) is 1. The molecule has 2 saturated carbocycles. The van der Waals surface area contributed by atoms with Gasteiger partial charge in [0, 0.05) is 101 Å². The summed E-state index contributed by atoms with van der Waals surface area (Å²) < 4.78 is 0. The van der Waals surface area contributed by atoms with Gasteiger partial charge in [0.15, 0.2) is 5.82 Å². The third-order valence-electron chi connectivity index (χ3n) is 15.6. The highest BCUT2D eigenvalue weighted by molar-refractivity contribution is 5.93. The SMILES string of the molecule is C#Cc1ccc(CNC(=O)[C@@H]2C[C@@H](O)CN2C(=O)[C@@H](NC(=O)C2CCC3(CC2)CC(N2CCN(c4cnc(N5CCN(c6cc(-c7ccccc7O)nnc6NCC)CC5)nc4)CC2)C3)C(C)(C)C)cc1. The van der Waals surface area contributed by atoms with E-state index in [1.807, 2.05) is 82.6 Å².